The van der Waals surface area contributed by atoms with E-state index >= 15 is 0 Å². The van der Waals surface area contributed by atoms with E-state index in [1.54, 1.807) is 13.8 Å². The Morgan fingerprint density at radius 1 is 1.19 bits per heavy atom. The number of carbonyl (C=O) groups is 3. The Hall–Kier alpha value is -2.53. The largest absolute Gasteiger partial charge is 0.455 e. The number of nitrogens with zero attached hydrogens (tertiary/aromatic N) is 1. The lowest BCUT2D eigenvalue weighted by molar-refractivity contribution is -0.148. The third-order valence-electron chi connectivity index (χ3n) is 2.91. The first-order chi connectivity index (χ1) is 12.0. The molecule has 2 N–H and O–H groups in total. The fraction of sp³-hybridized carbons (Fsp3) is 0.400. The van der Waals surface area contributed by atoms with Crippen molar-refractivity contribution >= 4 is 27.9 Å². The predicted octanol–water partition coefficient (Wildman–Crippen LogP) is 0.224. The average molecular weight is 389 g/mol. The fourth-order valence-corrected chi connectivity index (χ4v) is 2.82. The molecule has 0 atom stereocenters. The molecule has 9 nitrogen and oxygen atoms in total. The molecular weight excluding hydrogens is 369 g/mol. The molecule has 0 aromatic heterocycles. The molecule has 1 aromatic carbocycles. The van der Waals surface area contributed by atoms with Gasteiger partial charge in [-0.1, -0.05) is 0 Å². The van der Waals surface area contributed by atoms with Crippen molar-refractivity contribution in [3.05, 3.63) is 30.1 Å². The number of hydrogen-bond acceptors (Lipinski definition) is 6. The minimum Gasteiger partial charge on any atom is -0.455 e. The molecule has 0 radical (unpaired) electrons. The van der Waals surface area contributed by atoms with Gasteiger partial charge in [-0.3, -0.25) is 14.9 Å². The van der Waals surface area contributed by atoms with Crippen molar-refractivity contribution in [3.8, 4) is 0 Å². The number of esters is 1. The predicted molar refractivity (Wildman–Crippen MR) is 89.0 cm³/mol. The summed E-state index contributed by atoms with van der Waals surface area (Å²) in [6, 6.07) is 3.16. The van der Waals surface area contributed by atoms with Crippen LogP contribution in [0.25, 0.3) is 0 Å². The first kappa shape index (κ1) is 21.5. The summed E-state index contributed by atoms with van der Waals surface area (Å²) in [7, 11) is -2.89. The molecule has 0 aliphatic carbocycles. The van der Waals surface area contributed by atoms with Gasteiger partial charge in [0.05, 0.1) is 4.90 Å². The van der Waals surface area contributed by atoms with E-state index in [2.05, 4.69) is 10.1 Å². The lowest BCUT2D eigenvalue weighted by Crippen LogP contribution is -2.44. The van der Waals surface area contributed by atoms with Crippen molar-refractivity contribution in [1.29, 1.82) is 0 Å². The Bertz CT molecular complexity index is 764. The van der Waals surface area contributed by atoms with Crippen molar-refractivity contribution in [2.24, 2.45) is 0 Å². The first-order valence-electron chi connectivity index (χ1n) is 7.50. The van der Waals surface area contributed by atoms with E-state index in [0.29, 0.717) is 4.31 Å². The number of hydrogen-bond donors (Lipinski definition) is 2. The molecule has 0 saturated heterocycles. The Morgan fingerprint density at radius 2 is 1.77 bits per heavy atom. The molecule has 0 bridgehead atoms. The molecule has 0 spiro atoms. The van der Waals surface area contributed by atoms with Gasteiger partial charge in [0.2, 0.25) is 10.0 Å². The molecule has 144 valence electrons. The second-order valence-electron chi connectivity index (χ2n) is 5.55. The highest BCUT2D eigenvalue weighted by Crippen LogP contribution is 2.14. The summed E-state index contributed by atoms with van der Waals surface area (Å²) in [5.41, 5.74) is 0. The number of likely N-dealkylation sites (N-methyl/N-ethyl adjacent to an activating group) is 1. The SMILES string of the molecule is CC(C)NC(=O)NC(=O)COC(=O)CN(C)S(=O)(=O)c1ccc(F)cc1. The van der Waals surface area contributed by atoms with Crippen LogP contribution >= 0.6 is 0 Å². The number of imide groups is 1. The van der Waals surface area contributed by atoms with Crippen LogP contribution in [0.5, 0.6) is 0 Å². The number of sulfonamides is 1. The van der Waals surface area contributed by atoms with Gasteiger partial charge in [-0.15, -0.1) is 0 Å². The number of ether oxygens (including phenoxy) is 1. The summed E-state index contributed by atoms with van der Waals surface area (Å²) < 4.78 is 42.7. The summed E-state index contributed by atoms with van der Waals surface area (Å²) in [6.07, 6.45) is 0. The number of urea groups is 1. The number of halogens is 1. The van der Waals surface area contributed by atoms with Crippen LogP contribution in [0, 0.1) is 5.82 Å². The number of nitrogens with one attached hydrogen (secondary N) is 2. The van der Waals surface area contributed by atoms with Crippen molar-refractivity contribution in [2.75, 3.05) is 20.2 Å². The quantitative estimate of drug-likeness (QED) is 0.644. The first-order valence-corrected chi connectivity index (χ1v) is 8.94. The molecule has 0 unspecified atom stereocenters. The highest BCUT2D eigenvalue weighted by atomic mass is 32.2. The van der Waals surface area contributed by atoms with Crippen LogP contribution < -0.4 is 10.6 Å². The van der Waals surface area contributed by atoms with Crippen molar-refractivity contribution in [3.63, 3.8) is 0 Å². The molecule has 0 heterocycles. The number of benzene rings is 1. The minimum absolute atomic E-state index is 0.185. The standard InChI is InChI=1S/C15H20FN3O6S/c1-10(2)17-15(22)18-13(20)9-25-14(21)8-19(3)26(23,24)12-6-4-11(16)5-7-12/h4-7,10H,8-9H2,1-3H3,(H2,17,18,20,22). The van der Waals surface area contributed by atoms with Crippen LogP contribution in [-0.4, -0.2) is 56.9 Å². The van der Waals surface area contributed by atoms with E-state index < -0.39 is 46.9 Å². The molecule has 11 heteroatoms. The third-order valence-corrected chi connectivity index (χ3v) is 4.73. The van der Waals surface area contributed by atoms with Crippen molar-refractivity contribution in [1.82, 2.24) is 14.9 Å². The molecule has 0 fully saturated rings. The Balaban J connectivity index is 2.53. The van der Waals surface area contributed by atoms with Crippen molar-refractivity contribution < 1.29 is 31.9 Å². The lowest BCUT2D eigenvalue weighted by Gasteiger charge is -2.16. The number of amides is 3. The topological polar surface area (TPSA) is 122 Å². The zero-order valence-electron chi connectivity index (χ0n) is 14.5. The van der Waals surface area contributed by atoms with E-state index in [1.165, 1.54) is 0 Å². The zero-order valence-corrected chi connectivity index (χ0v) is 15.3. The van der Waals surface area contributed by atoms with Crippen molar-refractivity contribution in [2.45, 2.75) is 24.8 Å². The second-order valence-corrected chi connectivity index (χ2v) is 7.60. The molecule has 3 amide bonds. The molecule has 26 heavy (non-hydrogen) atoms. The highest BCUT2D eigenvalue weighted by Gasteiger charge is 2.24. The van der Waals surface area contributed by atoms with E-state index in [0.717, 1.165) is 31.3 Å². The maximum Gasteiger partial charge on any atom is 0.321 e. The van der Waals surface area contributed by atoms with Gasteiger partial charge in [0, 0.05) is 13.1 Å². The van der Waals surface area contributed by atoms with Crippen LogP contribution in [0.3, 0.4) is 0 Å². The average Bonchev–Trinajstić information content (AvgIpc) is 2.52. The Kier molecular flexibility index (Phi) is 7.65. The summed E-state index contributed by atoms with van der Waals surface area (Å²) in [5.74, 6) is -2.45. The monoisotopic (exact) mass is 389 g/mol. The maximum atomic E-state index is 12.9. The smallest absolute Gasteiger partial charge is 0.321 e. The number of rotatable bonds is 7. The molecule has 0 aliphatic rings. The zero-order chi connectivity index (χ0) is 19.9. The van der Waals surface area contributed by atoms with Gasteiger partial charge in [0.25, 0.3) is 5.91 Å². The van der Waals surface area contributed by atoms with Crippen LogP contribution in [-0.2, 0) is 24.3 Å². The van der Waals surface area contributed by atoms with Crippen LogP contribution in [0.1, 0.15) is 13.8 Å². The third kappa shape index (κ3) is 6.76. The van der Waals surface area contributed by atoms with E-state index in [-0.39, 0.29) is 10.9 Å². The molecule has 0 saturated carbocycles. The van der Waals surface area contributed by atoms with Gasteiger partial charge >= 0.3 is 12.0 Å². The Labute approximate surface area is 150 Å². The van der Waals surface area contributed by atoms with E-state index in [1.807, 2.05) is 5.32 Å². The van der Waals surface area contributed by atoms with Gasteiger partial charge < -0.3 is 10.1 Å². The van der Waals surface area contributed by atoms with Crippen LogP contribution in [0.2, 0.25) is 0 Å². The molecular formula is C15H20FN3O6S. The minimum atomic E-state index is -4.02. The lowest BCUT2D eigenvalue weighted by atomic mass is 10.4. The maximum absolute atomic E-state index is 12.9. The number of carbonyl (C=O) groups excluding carboxylic acids is 3. The van der Waals surface area contributed by atoms with Gasteiger partial charge in [0.1, 0.15) is 12.4 Å². The van der Waals surface area contributed by atoms with E-state index in [4.69, 9.17) is 0 Å². The van der Waals surface area contributed by atoms with Gasteiger partial charge in [-0.05, 0) is 38.1 Å². The normalized spacial score (nSPS) is 11.3. The van der Waals surface area contributed by atoms with E-state index in [9.17, 15) is 27.2 Å². The molecule has 1 aromatic rings. The van der Waals surface area contributed by atoms with Gasteiger partial charge in [-0.25, -0.2) is 17.6 Å². The summed E-state index contributed by atoms with van der Waals surface area (Å²) in [5, 5.41) is 4.36. The summed E-state index contributed by atoms with van der Waals surface area (Å²) in [4.78, 5) is 34.2. The summed E-state index contributed by atoms with van der Waals surface area (Å²) >= 11 is 0. The highest BCUT2D eigenvalue weighted by molar-refractivity contribution is 7.89. The van der Waals surface area contributed by atoms with Crippen LogP contribution in [0.4, 0.5) is 9.18 Å². The second kappa shape index (κ2) is 9.25. The Morgan fingerprint density at radius 3 is 2.31 bits per heavy atom. The molecule has 0 aliphatic heterocycles. The fourth-order valence-electron chi connectivity index (χ4n) is 1.71. The summed E-state index contributed by atoms with van der Waals surface area (Å²) in [6.45, 7) is 1.99. The molecule has 1 rings (SSSR count). The van der Waals surface area contributed by atoms with Gasteiger partial charge in [-0.2, -0.15) is 4.31 Å². The van der Waals surface area contributed by atoms with Crippen LogP contribution in [0.15, 0.2) is 29.2 Å². The van der Waals surface area contributed by atoms with Gasteiger partial charge in [0.15, 0.2) is 6.61 Å².